The summed E-state index contributed by atoms with van der Waals surface area (Å²) < 4.78 is 18.1. The SMILES string of the molecule is Cc1cc(I)cnc1Nc1c(C(=O)NCCN2CCCCC2)cc2c(ncn2C)c1F. The lowest BCUT2D eigenvalue weighted by Crippen LogP contribution is -2.37. The first-order valence-electron chi connectivity index (χ1n) is 10.5. The molecular formula is C22H26FIN6O. The number of aryl methyl sites for hydroxylation is 2. The van der Waals surface area contributed by atoms with E-state index in [1.54, 1.807) is 30.2 Å². The molecule has 1 saturated heterocycles. The van der Waals surface area contributed by atoms with E-state index in [0.29, 0.717) is 17.9 Å². The molecule has 0 bridgehead atoms. The van der Waals surface area contributed by atoms with E-state index in [-0.39, 0.29) is 22.7 Å². The number of halogens is 2. The second kappa shape index (κ2) is 9.47. The Balaban J connectivity index is 1.62. The number of hydrogen-bond donors (Lipinski definition) is 2. The zero-order valence-electron chi connectivity index (χ0n) is 17.7. The molecule has 2 aromatic heterocycles. The first-order valence-corrected chi connectivity index (χ1v) is 11.5. The van der Waals surface area contributed by atoms with Crippen LogP contribution in [0.15, 0.2) is 24.7 Å². The number of carbonyl (C=O) groups is 1. The number of imidazole rings is 1. The quantitative estimate of drug-likeness (QED) is 0.467. The average molecular weight is 536 g/mol. The molecule has 7 nitrogen and oxygen atoms in total. The average Bonchev–Trinajstić information content (AvgIpc) is 3.13. The van der Waals surface area contributed by atoms with Crippen molar-refractivity contribution in [1.29, 1.82) is 0 Å². The van der Waals surface area contributed by atoms with Crippen LogP contribution in [-0.2, 0) is 7.05 Å². The molecule has 0 saturated carbocycles. The molecule has 0 unspecified atom stereocenters. The fraction of sp³-hybridized carbons (Fsp3) is 0.409. The Morgan fingerprint density at radius 2 is 2.00 bits per heavy atom. The summed E-state index contributed by atoms with van der Waals surface area (Å²) in [6.07, 6.45) is 6.92. The number of nitrogens with one attached hydrogen (secondary N) is 2. The third-order valence-electron chi connectivity index (χ3n) is 5.66. The van der Waals surface area contributed by atoms with Crippen molar-refractivity contribution >= 4 is 51.0 Å². The van der Waals surface area contributed by atoms with Crippen molar-refractivity contribution < 1.29 is 9.18 Å². The number of hydrogen-bond acceptors (Lipinski definition) is 5. The largest absolute Gasteiger partial charge is 0.351 e. The first-order chi connectivity index (χ1) is 14.9. The van der Waals surface area contributed by atoms with E-state index in [1.165, 1.54) is 19.3 Å². The molecule has 3 aromatic rings. The number of rotatable bonds is 6. The Hall–Kier alpha value is -2.27. The molecule has 1 fully saturated rings. The molecule has 31 heavy (non-hydrogen) atoms. The Bertz CT molecular complexity index is 1110. The third kappa shape index (κ3) is 4.82. The van der Waals surface area contributed by atoms with Crippen LogP contribution in [0.5, 0.6) is 0 Å². The molecule has 0 atom stereocenters. The predicted molar refractivity (Wildman–Crippen MR) is 128 cm³/mol. The minimum absolute atomic E-state index is 0.0958. The summed E-state index contributed by atoms with van der Waals surface area (Å²) in [5.74, 6) is -0.360. The standard InChI is InChI=1S/C22H26FIN6O/c1-14-10-15(24)12-26-21(14)28-19-16(11-17-20(18(19)23)27-13-29(17)2)22(31)25-6-9-30-7-4-3-5-8-30/h10-13H,3-9H2,1-2H3,(H,25,31)(H,26,28). The van der Waals surface area contributed by atoms with Crippen LogP contribution in [0.3, 0.4) is 0 Å². The molecule has 2 N–H and O–H groups in total. The number of carbonyl (C=O) groups excluding carboxylic acids is 1. The number of fused-ring (bicyclic) bond motifs is 1. The smallest absolute Gasteiger partial charge is 0.253 e. The molecule has 1 aliphatic heterocycles. The molecule has 0 aliphatic carbocycles. The molecule has 1 aliphatic rings. The van der Waals surface area contributed by atoms with Gasteiger partial charge in [0.2, 0.25) is 0 Å². The summed E-state index contributed by atoms with van der Waals surface area (Å²) in [6, 6.07) is 3.64. The second-order valence-electron chi connectivity index (χ2n) is 7.94. The topological polar surface area (TPSA) is 75.1 Å². The normalized spacial score (nSPS) is 14.7. The highest BCUT2D eigenvalue weighted by Gasteiger charge is 2.22. The molecule has 3 heterocycles. The van der Waals surface area contributed by atoms with Crippen LogP contribution in [0, 0.1) is 16.3 Å². The minimum Gasteiger partial charge on any atom is -0.351 e. The van der Waals surface area contributed by atoms with Crippen LogP contribution in [-0.4, -0.2) is 51.5 Å². The number of benzene rings is 1. The molecule has 0 radical (unpaired) electrons. The summed E-state index contributed by atoms with van der Waals surface area (Å²) in [6.45, 7) is 5.34. The summed E-state index contributed by atoms with van der Waals surface area (Å²) >= 11 is 2.18. The van der Waals surface area contributed by atoms with E-state index in [4.69, 9.17) is 0 Å². The number of anilines is 2. The van der Waals surface area contributed by atoms with Crippen LogP contribution in [0.2, 0.25) is 0 Å². The number of aromatic nitrogens is 3. The van der Waals surface area contributed by atoms with Gasteiger partial charge >= 0.3 is 0 Å². The van der Waals surface area contributed by atoms with Gasteiger partial charge in [-0.1, -0.05) is 6.42 Å². The lowest BCUT2D eigenvalue weighted by molar-refractivity contribution is 0.0947. The van der Waals surface area contributed by atoms with Crippen LogP contribution >= 0.6 is 22.6 Å². The van der Waals surface area contributed by atoms with Crippen molar-refractivity contribution in [1.82, 2.24) is 24.8 Å². The molecule has 9 heteroatoms. The zero-order valence-corrected chi connectivity index (χ0v) is 19.9. The van der Waals surface area contributed by atoms with E-state index >= 15 is 4.39 Å². The number of amides is 1. The van der Waals surface area contributed by atoms with E-state index in [0.717, 1.165) is 28.8 Å². The zero-order chi connectivity index (χ0) is 22.0. The van der Waals surface area contributed by atoms with Gasteiger partial charge in [-0.25, -0.2) is 14.4 Å². The fourth-order valence-corrected chi connectivity index (χ4v) is 4.53. The fourth-order valence-electron chi connectivity index (χ4n) is 3.92. The van der Waals surface area contributed by atoms with E-state index in [1.807, 2.05) is 13.0 Å². The van der Waals surface area contributed by atoms with Gasteiger partial charge in [0.05, 0.1) is 23.1 Å². The molecule has 1 aromatic carbocycles. The van der Waals surface area contributed by atoms with Gasteiger partial charge in [0.25, 0.3) is 5.91 Å². The van der Waals surface area contributed by atoms with Gasteiger partial charge in [-0.2, -0.15) is 0 Å². The van der Waals surface area contributed by atoms with Crippen molar-refractivity contribution in [3.63, 3.8) is 0 Å². The Labute approximate surface area is 194 Å². The summed E-state index contributed by atoms with van der Waals surface area (Å²) in [4.78, 5) is 24.0. The van der Waals surface area contributed by atoms with Gasteiger partial charge in [-0.05, 0) is 73.1 Å². The minimum atomic E-state index is -0.556. The molecule has 0 spiro atoms. The van der Waals surface area contributed by atoms with Crippen LogP contribution < -0.4 is 10.6 Å². The molecular weight excluding hydrogens is 510 g/mol. The maximum Gasteiger partial charge on any atom is 0.253 e. The van der Waals surface area contributed by atoms with Crippen molar-refractivity contribution in [3.05, 3.63) is 45.2 Å². The summed E-state index contributed by atoms with van der Waals surface area (Å²) in [5, 5.41) is 6.01. The molecule has 1 amide bonds. The van der Waals surface area contributed by atoms with Gasteiger partial charge in [-0.15, -0.1) is 0 Å². The van der Waals surface area contributed by atoms with Crippen molar-refractivity contribution in [3.8, 4) is 0 Å². The van der Waals surface area contributed by atoms with Crippen molar-refractivity contribution in [2.24, 2.45) is 7.05 Å². The summed E-state index contributed by atoms with van der Waals surface area (Å²) in [5.41, 5.74) is 1.99. The van der Waals surface area contributed by atoms with E-state index in [9.17, 15) is 4.79 Å². The van der Waals surface area contributed by atoms with E-state index < -0.39 is 5.82 Å². The lowest BCUT2D eigenvalue weighted by Gasteiger charge is -2.26. The van der Waals surface area contributed by atoms with Gasteiger partial charge in [-0.3, -0.25) is 4.79 Å². The molecule has 164 valence electrons. The van der Waals surface area contributed by atoms with Crippen LogP contribution in [0.25, 0.3) is 11.0 Å². The highest BCUT2D eigenvalue weighted by Crippen LogP contribution is 2.31. The van der Waals surface area contributed by atoms with Gasteiger partial charge in [0, 0.05) is 29.9 Å². The highest BCUT2D eigenvalue weighted by molar-refractivity contribution is 14.1. The number of likely N-dealkylation sites (tertiary alicyclic amines) is 1. The van der Waals surface area contributed by atoms with Crippen LogP contribution in [0.1, 0.15) is 35.2 Å². The Kier molecular flexibility index (Phi) is 6.71. The Morgan fingerprint density at radius 3 is 2.74 bits per heavy atom. The monoisotopic (exact) mass is 536 g/mol. The predicted octanol–water partition coefficient (Wildman–Crippen LogP) is 3.98. The van der Waals surface area contributed by atoms with Crippen LogP contribution in [0.4, 0.5) is 15.9 Å². The number of nitrogens with zero attached hydrogens (tertiary/aromatic N) is 4. The summed E-state index contributed by atoms with van der Waals surface area (Å²) in [7, 11) is 1.78. The molecule has 4 rings (SSSR count). The maximum atomic E-state index is 15.5. The first kappa shape index (κ1) is 21.9. The van der Waals surface area contributed by atoms with Gasteiger partial charge in [0.15, 0.2) is 5.82 Å². The van der Waals surface area contributed by atoms with Gasteiger partial charge < -0.3 is 20.1 Å². The Morgan fingerprint density at radius 1 is 1.23 bits per heavy atom. The number of piperidine rings is 1. The third-order valence-corrected chi connectivity index (χ3v) is 6.25. The van der Waals surface area contributed by atoms with Crippen molar-refractivity contribution in [2.45, 2.75) is 26.2 Å². The number of pyridine rings is 1. The second-order valence-corrected chi connectivity index (χ2v) is 9.18. The lowest BCUT2D eigenvalue weighted by atomic mass is 10.1. The van der Waals surface area contributed by atoms with E-state index in [2.05, 4.69) is 48.1 Å². The van der Waals surface area contributed by atoms with Gasteiger partial charge in [0.1, 0.15) is 11.3 Å². The maximum absolute atomic E-state index is 15.5. The highest BCUT2D eigenvalue weighted by atomic mass is 127. The van der Waals surface area contributed by atoms with Crippen molar-refractivity contribution in [2.75, 3.05) is 31.5 Å².